The SMILES string of the molecule is CCc1nn(C)cc1C(NN)c1ccccc1F. The van der Waals surface area contributed by atoms with Gasteiger partial charge in [0.2, 0.25) is 0 Å². The summed E-state index contributed by atoms with van der Waals surface area (Å²) < 4.78 is 15.6. The van der Waals surface area contributed by atoms with Crippen molar-refractivity contribution in [3.63, 3.8) is 0 Å². The fraction of sp³-hybridized carbons (Fsp3) is 0.308. The number of hydrogen-bond donors (Lipinski definition) is 2. The number of rotatable bonds is 4. The molecule has 3 N–H and O–H groups in total. The van der Waals surface area contributed by atoms with Crippen LogP contribution in [0.3, 0.4) is 0 Å². The lowest BCUT2D eigenvalue weighted by Crippen LogP contribution is -2.30. The normalized spacial score (nSPS) is 12.7. The van der Waals surface area contributed by atoms with Crippen molar-refractivity contribution in [1.82, 2.24) is 15.2 Å². The molecule has 0 saturated heterocycles. The van der Waals surface area contributed by atoms with E-state index in [0.29, 0.717) is 5.56 Å². The summed E-state index contributed by atoms with van der Waals surface area (Å²) in [4.78, 5) is 0. The Bertz CT molecular complexity index is 536. The van der Waals surface area contributed by atoms with E-state index < -0.39 is 0 Å². The molecule has 1 atom stereocenters. The third-order valence-electron chi connectivity index (χ3n) is 2.97. The number of halogens is 1. The summed E-state index contributed by atoms with van der Waals surface area (Å²) in [6.07, 6.45) is 2.65. The first-order valence-electron chi connectivity index (χ1n) is 5.90. The Morgan fingerprint density at radius 3 is 2.72 bits per heavy atom. The van der Waals surface area contributed by atoms with E-state index in [1.165, 1.54) is 6.07 Å². The van der Waals surface area contributed by atoms with Gasteiger partial charge in [-0.25, -0.2) is 9.82 Å². The number of hydrogen-bond acceptors (Lipinski definition) is 3. The molecule has 0 aliphatic rings. The molecule has 0 aliphatic heterocycles. The average Bonchev–Trinajstić information content (AvgIpc) is 2.74. The van der Waals surface area contributed by atoms with Crippen molar-refractivity contribution in [3.05, 3.63) is 53.1 Å². The Labute approximate surface area is 106 Å². The molecule has 18 heavy (non-hydrogen) atoms. The molecule has 5 heteroatoms. The second kappa shape index (κ2) is 5.29. The van der Waals surface area contributed by atoms with Crippen molar-refractivity contribution < 1.29 is 4.39 Å². The second-order valence-corrected chi connectivity index (χ2v) is 4.18. The standard InChI is InChI=1S/C13H17FN4/c1-3-12-10(8-18(2)17-12)13(16-15)9-6-4-5-7-11(9)14/h4-8,13,16H,3,15H2,1-2H3. The second-order valence-electron chi connectivity index (χ2n) is 4.18. The van der Waals surface area contributed by atoms with Crippen LogP contribution in [0.5, 0.6) is 0 Å². The molecule has 4 nitrogen and oxygen atoms in total. The topological polar surface area (TPSA) is 55.9 Å². The highest BCUT2D eigenvalue weighted by Gasteiger charge is 2.20. The number of aromatic nitrogens is 2. The molecule has 1 unspecified atom stereocenters. The molecule has 0 saturated carbocycles. The maximum atomic E-state index is 13.8. The molecule has 1 aromatic heterocycles. The van der Waals surface area contributed by atoms with Crippen LogP contribution in [-0.2, 0) is 13.5 Å². The van der Waals surface area contributed by atoms with E-state index in [1.54, 1.807) is 22.9 Å². The van der Waals surface area contributed by atoms with Crippen molar-refractivity contribution in [1.29, 1.82) is 0 Å². The van der Waals surface area contributed by atoms with Crippen LogP contribution in [0.15, 0.2) is 30.5 Å². The van der Waals surface area contributed by atoms with Gasteiger partial charge in [-0.2, -0.15) is 5.10 Å². The van der Waals surface area contributed by atoms with Crippen LogP contribution >= 0.6 is 0 Å². The smallest absolute Gasteiger partial charge is 0.128 e. The highest BCUT2D eigenvalue weighted by Crippen LogP contribution is 2.26. The van der Waals surface area contributed by atoms with Gasteiger partial charge < -0.3 is 0 Å². The number of aryl methyl sites for hydroxylation is 2. The Morgan fingerprint density at radius 2 is 2.11 bits per heavy atom. The van der Waals surface area contributed by atoms with E-state index in [0.717, 1.165) is 17.7 Å². The molecule has 2 rings (SSSR count). The number of benzene rings is 1. The maximum absolute atomic E-state index is 13.8. The van der Waals surface area contributed by atoms with Crippen LogP contribution in [-0.4, -0.2) is 9.78 Å². The van der Waals surface area contributed by atoms with Crippen molar-refractivity contribution in [3.8, 4) is 0 Å². The van der Waals surface area contributed by atoms with Gasteiger partial charge in [0.1, 0.15) is 5.82 Å². The minimum absolute atomic E-state index is 0.272. The fourth-order valence-electron chi connectivity index (χ4n) is 2.13. The van der Waals surface area contributed by atoms with Crippen molar-refractivity contribution in [2.45, 2.75) is 19.4 Å². The van der Waals surface area contributed by atoms with Gasteiger partial charge in [0.25, 0.3) is 0 Å². The summed E-state index contributed by atoms with van der Waals surface area (Å²) in [5.74, 6) is 5.31. The molecule has 96 valence electrons. The molecular formula is C13H17FN4. The summed E-state index contributed by atoms with van der Waals surface area (Å²) in [5, 5.41) is 4.35. The molecule has 1 heterocycles. The van der Waals surface area contributed by atoms with Crippen LogP contribution in [0.4, 0.5) is 4.39 Å². The van der Waals surface area contributed by atoms with Crippen LogP contribution in [0.2, 0.25) is 0 Å². The number of hydrazine groups is 1. The van der Waals surface area contributed by atoms with Crippen LogP contribution in [0.25, 0.3) is 0 Å². The Kier molecular flexibility index (Phi) is 3.74. The summed E-state index contributed by atoms with van der Waals surface area (Å²) in [6.45, 7) is 2.01. The minimum atomic E-state index is -0.380. The molecule has 0 radical (unpaired) electrons. The first-order valence-corrected chi connectivity index (χ1v) is 5.90. The summed E-state index contributed by atoms with van der Waals surface area (Å²) >= 11 is 0. The number of nitrogens with two attached hydrogens (primary N) is 1. The summed E-state index contributed by atoms with van der Waals surface area (Å²) in [6, 6.07) is 6.24. The van der Waals surface area contributed by atoms with Crippen LogP contribution < -0.4 is 11.3 Å². The van der Waals surface area contributed by atoms with Gasteiger partial charge in [-0.05, 0) is 12.5 Å². The lowest BCUT2D eigenvalue weighted by molar-refractivity contribution is 0.558. The third-order valence-corrected chi connectivity index (χ3v) is 2.97. The Balaban J connectivity index is 2.48. The zero-order valence-electron chi connectivity index (χ0n) is 10.5. The van der Waals surface area contributed by atoms with Gasteiger partial charge in [-0.15, -0.1) is 0 Å². The van der Waals surface area contributed by atoms with Crippen LogP contribution in [0.1, 0.15) is 29.8 Å². The van der Waals surface area contributed by atoms with Gasteiger partial charge in [-0.1, -0.05) is 25.1 Å². The number of nitrogens with one attached hydrogen (secondary N) is 1. The van der Waals surface area contributed by atoms with Crippen LogP contribution in [0, 0.1) is 5.82 Å². The fourth-order valence-corrected chi connectivity index (χ4v) is 2.13. The zero-order chi connectivity index (χ0) is 13.1. The predicted molar refractivity (Wildman–Crippen MR) is 68.2 cm³/mol. The van der Waals surface area contributed by atoms with E-state index in [2.05, 4.69) is 10.5 Å². The predicted octanol–water partition coefficient (Wildman–Crippen LogP) is 1.67. The zero-order valence-corrected chi connectivity index (χ0v) is 10.5. The van der Waals surface area contributed by atoms with Gasteiger partial charge in [0.05, 0.1) is 11.7 Å². The Morgan fingerprint density at radius 1 is 1.39 bits per heavy atom. The van der Waals surface area contributed by atoms with E-state index >= 15 is 0 Å². The van der Waals surface area contributed by atoms with Gasteiger partial charge in [0.15, 0.2) is 0 Å². The quantitative estimate of drug-likeness (QED) is 0.639. The first-order chi connectivity index (χ1) is 8.67. The van der Waals surface area contributed by atoms with Crippen molar-refractivity contribution in [2.75, 3.05) is 0 Å². The van der Waals surface area contributed by atoms with E-state index in [4.69, 9.17) is 5.84 Å². The first kappa shape index (κ1) is 12.7. The molecule has 0 amide bonds. The molecular weight excluding hydrogens is 231 g/mol. The Hall–Kier alpha value is -1.72. The molecule has 0 aliphatic carbocycles. The average molecular weight is 248 g/mol. The molecule has 0 fully saturated rings. The van der Waals surface area contributed by atoms with Crippen molar-refractivity contribution in [2.24, 2.45) is 12.9 Å². The lowest BCUT2D eigenvalue weighted by Gasteiger charge is -2.16. The molecule has 0 spiro atoms. The minimum Gasteiger partial charge on any atom is -0.275 e. The monoisotopic (exact) mass is 248 g/mol. The summed E-state index contributed by atoms with van der Waals surface area (Å²) in [7, 11) is 1.84. The highest BCUT2D eigenvalue weighted by atomic mass is 19.1. The van der Waals surface area contributed by atoms with E-state index in [9.17, 15) is 4.39 Å². The van der Waals surface area contributed by atoms with Gasteiger partial charge in [0, 0.05) is 24.4 Å². The molecule has 0 bridgehead atoms. The van der Waals surface area contributed by atoms with Gasteiger partial charge in [-0.3, -0.25) is 10.5 Å². The third kappa shape index (κ3) is 2.27. The lowest BCUT2D eigenvalue weighted by atomic mass is 9.98. The molecule has 1 aromatic carbocycles. The largest absolute Gasteiger partial charge is 0.275 e. The van der Waals surface area contributed by atoms with E-state index in [-0.39, 0.29) is 11.9 Å². The number of nitrogens with zero attached hydrogens (tertiary/aromatic N) is 2. The molecule has 2 aromatic rings. The summed E-state index contributed by atoms with van der Waals surface area (Å²) in [5.41, 5.74) is 5.03. The van der Waals surface area contributed by atoms with E-state index in [1.807, 2.05) is 20.2 Å². The highest BCUT2D eigenvalue weighted by molar-refractivity contribution is 5.33. The van der Waals surface area contributed by atoms with Gasteiger partial charge >= 0.3 is 0 Å². The maximum Gasteiger partial charge on any atom is 0.128 e. The van der Waals surface area contributed by atoms with Crippen molar-refractivity contribution >= 4 is 0 Å².